The van der Waals surface area contributed by atoms with Gasteiger partial charge in [-0.25, -0.2) is 0 Å². The smallest absolute Gasteiger partial charge is 0.162 e. The number of hydrogen-bond acceptors (Lipinski definition) is 3. The number of benzene rings is 2. The Labute approximate surface area is 147 Å². The molecule has 2 rings (SSSR count). The van der Waals surface area contributed by atoms with Gasteiger partial charge < -0.3 is 15.2 Å². The van der Waals surface area contributed by atoms with E-state index < -0.39 is 6.04 Å². The molecule has 0 saturated carbocycles. The van der Waals surface area contributed by atoms with E-state index in [2.05, 4.69) is 22.6 Å². The van der Waals surface area contributed by atoms with Gasteiger partial charge in [-0.05, 0) is 58.0 Å². The third-order valence-corrected chi connectivity index (χ3v) is 4.68. The number of ether oxygens (including phenoxy) is 2. The van der Waals surface area contributed by atoms with Gasteiger partial charge in [-0.2, -0.15) is 0 Å². The van der Waals surface area contributed by atoms with Crippen LogP contribution >= 0.6 is 45.8 Å². The van der Waals surface area contributed by atoms with Crippen molar-refractivity contribution in [2.24, 2.45) is 5.73 Å². The van der Waals surface area contributed by atoms with Crippen LogP contribution in [0.25, 0.3) is 0 Å². The molecular formula is C15H14Cl2INO2. The lowest BCUT2D eigenvalue weighted by Crippen LogP contribution is -2.14. The minimum absolute atomic E-state index is 0.400. The average molecular weight is 438 g/mol. The second-order valence-electron chi connectivity index (χ2n) is 4.37. The summed E-state index contributed by atoms with van der Waals surface area (Å²) in [6.07, 6.45) is 0. The van der Waals surface area contributed by atoms with Gasteiger partial charge in [-0.15, -0.1) is 0 Å². The minimum atomic E-state index is -0.400. The first-order chi connectivity index (χ1) is 9.97. The molecule has 0 heterocycles. The van der Waals surface area contributed by atoms with Crippen LogP contribution in [0.15, 0.2) is 30.3 Å². The van der Waals surface area contributed by atoms with Crippen molar-refractivity contribution in [3.63, 3.8) is 0 Å². The first-order valence-electron chi connectivity index (χ1n) is 6.10. The Morgan fingerprint density at radius 1 is 1.00 bits per heavy atom. The summed E-state index contributed by atoms with van der Waals surface area (Å²) in [7, 11) is 3.14. The van der Waals surface area contributed by atoms with Gasteiger partial charge in [0.2, 0.25) is 0 Å². The molecule has 0 aliphatic carbocycles. The first kappa shape index (κ1) is 16.7. The zero-order valence-corrected chi connectivity index (χ0v) is 15.2. The average Bonchev–Trinajstić information content (AvgIpc) is 2.48. The molecule has 0 aromatic heterocycles. The molecule has 0 amide bonds. The molecule has 6 heteroatoms. The summed E-state index contributed by atoms with van der Waals surface area (Å²) in [5.74, 6) is 1.16. The van der Waals surface area contributed by atoms with Gasteiger partial charge in [0.15, 0.2) is 11.5 Å². The van der Waals surface area contributed by atoms with Gasteiger partial charge in [0, 0.05) is 19.7 Å². The highest BCUT2D eigenvalue weighted by molar-refractivity contribution is 14.1. The van der Waals surface area contributed by atoms with E-state index in [1.54, 1.807) is 26.4 Å². The highest BCUT2D eigenvalue weighted by Crippen LogP contribution is 2.38. The van der Waals surface area contributed by atoms with Gasteiger partial charge in [0.1, 0.15) is 0 Å². The molecular weight excluding hydrogens is 424 g/mol. The third kappa shape index (κ3) is 3.56. The van der Waals surface area contributed by atoms with E-state index in [4.69, 9.17) is 38.4 Å². The Kier molecular flexibility index (Phi) is 5.60. The predicted octanol–water partition coefficient (Wildman–Crippen LogP) is 4.66. The maximum atomic E-state index is 6.36. The molecule has 0 bridgehead atoms. The van der Waals surface area contributed by atoms with Crippen molar-refractivity contribution in [1.29, 1.82) is 0 Å². The summed E-state index contributed by atoms with van der Waals surface area (Å²) in [5.41, 5.74) is 8.03. The standard InChI is InChI=1S/C15H14Cl2INO2/c1-20-13-6-9(11(17)7-14(13)21-2)15(19)10-5-8(16)3-4-12(10)18/h3-7,15H,19H2,1-2H3. The van der Waals surface area contributed by atoms with Gasteiger partial charge in [-0.3, -0.25) is 0 Å². The van der Waals surface area contributed by atoms with Gasteiger partial charge in [0.25, 0.3) is 0 Å². The van der Waals surface area contributed by atoms with E-state index in [1.807, 2.05) is 18.2 Å². The van der Waals surface area contributed by atoms with Crippen LogP contribution in [0.2, 0.25) is 10.0 Å². The van der Waals surface area contributed by atoms with Crippen LogP contribution in [0.1, 0.15) is 17.2 Å². The van der Waals surface area contributed by atoms with E-state index in [0.717, 1.165) is 14.7 Å². The first-order valence-corrected chi connectivity index (χ1v) is 7.93. The fourth-order valence-electron chi connectivity index (χ4n) is 2.03. The summed E-state index contributed by atoms with van der Waals surface area (Å²) in [4.78, 5) is 0. The van der Waals surface area contributed by atoms with Crippen molar-refractivity contribution in [3.05, 3.63) is 55.1 Å². The number of hydrogen-bond donors (Lipinski definition) is 1. The lowest BCUT2D eigenvalue weighted by atomic mass is 9.99. The second kappa shape index (κ2) is 7.05. The number of halogens is 3. The van der Waals surface area contributed by atoms with Crippen LogP contribution < -0.4 is 15.2 Å². The largest absolute Gasteiger partial charge is 0.493 e. The molecule has 0 aliphatic rings. The van der Waals surface area contributed by atoms with Crippen LogP contribution in [-0.4, -0.2) is 14.2 Å². The second-order valence-corrected chi connectivity index (χ2v) is 6.38. The Bertz CT molecular complexity index is 664. The summed E-state index contributed by atoms with van der Waals surface area (Å²) in [6, 6.07) is 8.70. The SMILES string of the molecule is COc1cc(Cl)c(C(N)c2cc(Cl)ccc2I)cc1OC. The van der Waals surface area contributed by atoms with Crippen molar-refractivity contribution in [3.8, 4) is 11.5 Å². The summed E-state index contributed by atoms with van der Waals surface area (Å²) in [5, 5.41) is 1.16. The number of nitrogens with two attached hydrogens (primary N) is 1. The molecule has 21 heavy (non-hydrogen) atoms. The predicted molar refractivity (Wildman–Crippen MR) is 94.8 cm³/mol. The molecule has 1 atom stereocenters. The zero-order valence-electron chi connectivity index (χ0n) is 11.5. The van der Waals surface area contributed by atoms with Crippen molar-refractivity contribution in [1.82, 2.24) is 0 Å². The van der Waals surface area contributed by atoms with Crippen LogP contribution in [0, 0.1) is 3.57 Å². The summed E-state index contributed by atoms with van der Waals surface area (Å²) >= 11 is 14.6. The zero-order chi connectivity index (χ0) is 15.6. The maximum Gasteiger partial charge on any atom is 0.162 e. The van der Waals surface area contributed by atoms with E-state index >= 15 is 0 Å². The summed E-state index contributed by atoms with van der Waals surface area (Å²) < 4.78 is 11.6. The van der Waals surface area contributed by atoms with Crippen molar-refractivity contribution >= 4 is 45.8 Å². The van der Waals surface area contributed by atoms with Crippen molar-refractivity contribution < 1.29 is 9.47 Å². The molecule has 1 unspecified atom stereocenters. The highest BCUT2D eigenvalue weighted by atomic mass is 127. The van der Waals surface area contributed by atoms with Crippen LogP contribution in [0.5, 0.6) is 11.5 Å². The Balaban J connectivity index is 2.52. The molecule has 2 N–H and O–H groups in total. The minimum Gasteiger partial charge on any atom is -0.493 e. The van der Waals surface area contributed by atoms with Gasteiger partial charge in [0.05, 0.1) is 20.3 Å². The van der Waals surface area contributed by atoms with Crippen LogP contribution in [0.4, 0.5) is 0 Å². The topological polar surface area (TPSA) is 44.5 Å². The number of rotatable bonds is 4. The van der Waals surface area contributed by atoms with E-state index in [-0.39, 0.29) is 0 Å². The van der Waals surface area contributed by atoms with Gasteiger partial charge >= 0.3 is 0 Å². The molecule has 0 saturated heterocycles. The van der Waals surface area contributed by atoms with E-state index in [0.29, 0.717) is 21.5 Å². The molecule has 3 nitrogen and oxygen atoms in total. The third-order valence-electron chi connectivity index (χ3n) is 3.13. The molecule has 112 valence electrons. The fraction of sp³-hybridized carbons (Fsp3) is 0.200. The van der Waals surface area contributed by atoms with E-state index in [9.17, 15) is 0 Å². The monoisotopic (exact) mass is 437 g/mol. The molecule has 2 aromatic rings. The Hall–Kier alpha value is -0.690. The van der Waals surface area contributed by atoms with Crippen LogP contribution in [0.3, 0.4) is 0 Å². The summed E-state index contributed by atoms with van der Waals surface area (Å²) in [6.45, 7) is 0. The normalized spacial score (nSPS) is 12.1. The lowest BCUT2D eigenvalue weighted by molar-refractivity contribution is 0.354. The molecule has 0 radical (unpaired) electrons. The molecule has 2 aromatic carbocycles. The Morgan fingerprint density at radius 3 is 2.24 bits per heavy atom. The van der Waals surface area contributed by atoms with E-state index in [1.165, 1.54) is 0 Å². The van der Waals surface area contributed by atoms with Gasteiger partial charge in [-0.1, -0.05) is 23.2 Å². The molecule has 0 aliphatic heterocycles. The molecule has 0 spiro atoms. The number of methoxy groups -OCH3 is 2. The fourth-order valence-corrected chi connectivity index (χ4v) is 3.15. The van der Waals surface area contributed by atoms with Crippen LogP contribution in [-0.2, 0) is 0 Å². The van der Waals surface area contributed by atoms with Crippen molar-refractivity contribution in [2.45, 2.75) is 6.04 Å². The molecule has 0 fully saturated rings. The maximum absolute atomic E-state index is 6.36. The quantitative estimate of drug-likeness (QED) is 0.707. The van der Waals surface area contributed by atoms with Crippen molar-refractivity contribution in [2.75, 3.05) is 14.2 Å². The Morgan fingerprint density at radius 2 is 1.62 bits per heavy atom. The highest BCUT2D eigenvalue weighted by Gasteiger charge is 2.19. The lowest BCUT2D eigenvalue weighted by Gasteiger charge is -2.18.